The quantitative estimate of drug-likeness (QED) is 0.218. The van der Waals surface area contributed by atoms with Gasteiger partial charge in [0, 0.05) is 25.9 Å². The van der Waals surface area contributed by atoms with Gasteiger partial charge in [0.1, 0.15) is 6.10 Å². The molecule has 1 aliphatic heterocycles. The number of ether oxygens (including phenoxy) is 5. The lowest BCUT2D eigenvalue weighted by atomic mass is 9.97. The minimum absolute atomic E-state index is 0.242. The van der Waals surface area contributed by atoms with Crippen molar-refractivity contribution in [3.8, 4) is 0 Å². The highest BCUT2D eigenvalue weighted by molar-refractivity contribution is 5.89. The Hall–Kier alpha value is -3.14. The monoisotopic (exact) mass is 407 g/mol. The van der Waals surface area contributed by atoms with Crippen molar-refractivity contribution >= 4 is 17.9 Å². The summed E-state index contributed by atoms with van der Waals surface area (Å²) in [6.45, 7) is 2.07. The van der Waals surface area contributed by atoms with E-state index in [0.29, 0.717) is 0 Å². The van der Waals surface area contributed by atoms with Crippen molar-refractivity contribution in [1.29, 1.82) is 0 Å². The number of benzene rings is 1. The number of methoxy groups -OCH3 is 1. The fraction of sp³-hybridized carbons (Fsp3) is 0.500. The molecule has 156 valence electrons. The van der Waals surface area contributed by atoms with Crippen LogP contribution < -0.4 is 0 Å². The third-order valence-corrected chi connectivity index (χ3v) is 4.01. The van der Waals surface area contributed by atoms with E-state index in [-0.39, 0.29) is 12.1 Å². The van der Waals surface area contributed by atoms with Gasteiger partial charge >= 0.3 is 17.9 Å². The highest BCUT2D eigenvalue weighted by Gasteiger charge is 2.52. The average Bonchev–Trinajstić information content (AvgIpc) is 2.69. The fourth-order valence-corrected chi connectivity index (χ4v) is 2.88. The maximum atomic E-state index is 12.6. The second kappa shape index (κ2) is 10.4. The molecular weight excluding hydrogens is 386 g/mol. The van der Waals surface area contributed by atoms with Gasteiger partial charge in [0.15, 0.2) is 24.6 Å². The van der Waals surface area contributed by atoms with E-state index < -0.39 is 48.6 Å². The summed E-state index contributed by atoms with van der Waals surface area (Å²) in [5.41, 5.74) is 8.90. The average molecular weight is 407 g/mol. The zero-order valence-corrected chi connectivity index (χ0v) is 16.1. The molecule has 11 nitrogen and oxygen atoms in total. The van der Waals surface area contributed by atoms with Gasteiger partial charge in [-0.05, 0) is 17.7 Å². The Morgan fingerprint density at radius 2 is 1.66 bits per heavy atom. The Balaban J connectivity index is 2.40. The number of azide groups is 1. The molecule has 29 heavy (non-hydrogen) atoms. The van der Waals surface area contributed by atoms with Gasteiger partial charge < -0.3 is 23.7 Å². The van der Waals surface area contributed by atoms with Crippen LogP contribution >= 0.6 is 0 Å². The summed E-state index contributed by atoms with van der Waals surface area (Å²) < 4.78 is 26.9. The molecule has 1 heterocycles. The third-order valence-electron chi connectivity index (χ3n) is 4.01. The maximum Gasteiger partial charge on any atom is 0.338 e. The summed E-state index contributed by atoms with van der Waals surface area (Å²) in [5.74, 6) is -2.11. The van der Waals surface area contributed by atoms with E-state index in [1.807, 2.05) is 0 Å². The van der Waals surface area contributed by atoms with Gasteiger partial charge in [-0.3, -0.25) is 9.59 Å². The second-order valence-electron chi connectivity index (χ2n) is 6.08. The van der Waals surface area contributed by atoms with Gasteiger partial charge in [-0.1, -0.05) is 23.3 Å². The van der Waals surface area contributed by atoms with E-state index in [4.69, 9.17) is 29.2 Å². The smallest absolute Gasteiger partial charge is 0.338 e. The number of hydrogen-bond acceptors (Lipinski definition) is 9. The number of esters is 3. The third kappa shape index (κ3) is 5.92. The van der Waals surface area contributed by atoms with Crippen LogP contribution in [-0.4, -0.2) is 62.3 Å². The Morgan fingerprint density at radius 1 is 1.03 bits per heavy atom. The van der Waals surface area contributed by atoms with Gasteiger partial charge in [0.2, 0.25) is 0 Å². The maximum absolute atomic E-state index is 12.6. The summed E-state index contributed by atoms with van der Waals surface area (Å²) in [5, 5.41) is 3.45. The van der Waals surface area contributed by atoms with E-state index >= 15 is 0 Å². The lowest BCUT2D eigenvalue weighted by Crippen LogP contribution is -2.62. The van der Waals surface area contributed by atoms with Gasteiger partial charge in [0.05, 0.1) is 12.1 Å². The lowest BCUT2D eigenvalue weighted by Gasteiger charge is -2.43. The SMILES string of the molecule is CO[C@H]1O[C@@H](CN=[N+]=[N-])[C@@H](OC(=O)c2ccccc2)[C@H](OC(C)=O)[C@H]1OC(C)=O. The number of nitrogens with zero attached hydrogens (tertiary/aromatic N) is 3. The molecule has 0 unspecified atom stereocenters. The van der Waals surface area contributed by atoms with Crippen molar-refractivity contribution in [2.45, 2.75) is 44.6 Å². The van der Waals surface area contributed by atoms with Crippen LogP contribution in [0.2, 0.25) is 0 Å². The van der Waals surface area contributed by atoms with Crippen LogP contribution in [0.25, 0.3) is 10.4 Å². The minimum Gasteiger partial charge on any atom is -0.454 e. The number of carbonyl (C=O) groups excluding carboxylic acids is 3. The van der Waals surface area contributed by atoms with Crippen molar-refractivity contribution in [3.63, 3.8) is 0 Å². The van der Waals surface area contributed by atoms with Crippen molar-refractivity contribution in [3.05, 3.63) is 46.3 Å². The zero-order valence-electron chi connectivity index (χ0n) is 16.1. The summed E-state index contributed by atoms with van der Waals surface area (Å²) in [7, 11) is 1.30. The summed E-state index contributed by atoms with van der Waals surface area (Å²) in [4.78, 5) is 38.5. The molecule has 0 aromatic heterocycles. The van der Waals surface area contributed by atoms with Crippen molar-refractivity contribution in [2.24, 2.45) is 5.11 Å². The molecule has 0 saturated carbocycles. The Morgan fingerprint density at radius 3 is 2.21 bits per heavy atom. The molecule has 0 N–H and O–H groups in total. The zero-order chi connectivity index (χ0) is 21.4. The molecule has 1 fully saturated rings. The van der Waals surface area contributed by atoms with Gasteiger partial charge in [0.25, 0.3) is 0 Å². The first-order chi connectivity index (χ1) is 13.9. The molecule has 5 atom stereocenters. The van der Waals surface area contributed by atoms with Gasteiger partial charge in [-0.2, -0.15) is 0 Å². The summed E-state index contributed by atoms with van der Waals surface area (Å²) in [6, 6.07) is 8.11. The van der Waals surface area contributed by atoms with Crippen LogP contribution in [0.5, 0.6) is 0 Å². The highest BCUT2D eigenvalue weighted by Crippen LogP contribution is 2.30. The minimum atomic E-state index is -1.25. The summed E-state index contributed by atoms with van der Waals surface area (Å²) >= 11 is 0. The predicted molar refractivity (Wildman–Crippen MR) is 96.4 cm³/mol. The molecule has 0 spiro atoms. The molecule has 11 heteroatoms. The van der Waals surface area contributed by atoms with Gasteiger partial charge in [-0.15, -0.1) is 0 Å². The van der Waals surface area contributed by atoms with Crippen LogP contribution in [0, 0.1) is 0 Å². The molecule has 0 radical (unpaired) electrons. The van der Waals surface area contributed by atoms with E-state index in [2.05, 4.69) is 10.0 Å². The molecule has 1 aliphatic rings. The highest BCUT2D eigenvalue weighted by atomic mass is 16.7. The molecule has 0 aliphatic carbocycles. The standard InChI is InChI=1S/C18H21N3O8/c1-10(22)26-15-14(29-17(24)12-7-5-4-6-8-12)13(9-20-21-19)28-18(25-3)16(15)27-11(2)23/h4-8,13-16,18H,9H2,1-3H3/t13-,14+,15-,16+,18-/m0/s1. The molecule has 2 rings (SSSR count). The van der Waals surface area contributed by atoms with Crippen LogP contribution in [-0.2, 0) is 33.3 Å². The van der Waals surface area contributed by atoms with Crippen LogP contribution in [0.15, 0.2) is 35.4 Å². The Labute approximate surface area is 166 Å². The largest absolute Gasteiger partial charge is 0.454 e. The first kappa shape index (κ1) is 22.2. The first-order valence-corrected chi connectivity index (χ1v) is 8.67. The van der Waals surface area contributed by atoms with E-state index in [9.17, 15) is 14.4 Å². The van der Waals surface area contributed by atoms with E-state index in [1.165, 1.54) is 19.2 Å². The van der Waals surface area contributed by atoms with Crippen molar-refractivity contribution < 1.29 is 38.1 Å². The number of carbonyl (C=O) groups is 3. The Kier molecular flexibility index (Phi) is 7.96. The normalized spacial score (nSPS) is 26.0. The van der Waals surface area contributed by atoms with Gasteiger partial charge in [-0.25, -0.2) is 4.79 Å². The van der Waals surface area contributed by atoms with Crippen molar-refractivity contribution in [1.82, 2.24) is 0 Å². The van der Waals surface area contributed by atoms with E-state index in [0.717, 1.165) is 13.8 Å². The molecule has 0 bridgehead atoms. The molecule has 1 saturated heterocycles. The Bertz CT molecular complexity index is 781. The topological polar surface area (TPSA) is 146 Å². The van der Waals surface area contributed by atoms with Crippen LogP contribution in [0.1, 0.15) is 24.2 Å². The molecule has 0 amide bonds. The molecule has 1 aromatic rings. The first-order valence-electron chi connectivity index (χ1n) is 8.67. The summed E-state index contributed by atoms with van der Waals surface area (Å²) in [6.07, 6.45) is -5.85. The molecular formula is C18H21N3O8. The molecule has 1 aromatic carbocycles. The second-order valence-corrected chi connectivity index (χ2v) is 6.08. The van der Waals surface area contributed by atoms with Crippen LogP contribution in [0.3, 0.4) is 0 Å². The van der Waals surface area contributed by atoms with E-state index in [1.54, 1.807) is 18.2 Å². The predicted octanol–water partition coefficient (Wildman–Crippen LogP) is 1.76. The lowest BCUT2D eigenvalue weighted by molar-refractivity contribution is -0.293. The van der Waals surface area contributed by atoms with Crippen molar-refractivity contribution in [2.75, 3.05) is 13.7 Å². The number of rotatable bonds is 7. The fourth-order valence-electron chi connectivity index (χ4n) is 2.88. The number of hydrogen-bond donors (Lipinski definition) is 0. The van der Waals surface area contributed by atoms with Crippen LogP contribution in [0.4, 0.5) is 0 Å².